The minimum absolute atomic E-state index is 0.0324. The lowest BCUT2D eigenvalue weighted by atomic mass is 9.55. The SMILES string of the molecule is [B]c1c([B])c([B])c(-c2c([B])c(-c3c([B])c([B])c([B])c([B])c3[B])c([B])c(C(C)C)c2[B])c([B])c1[B]. The van der Waals surface area contributed by atoms with E-state index in [0.717, 1.165) is 0 Å². The Bertz CT molecular complexity index is 1200. The Morgan fingerprint density at radius 3 is 0.735 bits per heavy atom. The normalized spacial score (nSPS) is 11.3. The summed E-state index contributed by atoms with van der Waals surface area (Å²) in [4.78, 5) is 0. The molecule has 0 aliphatic heterocycles. The molecule has 0 nitrogen and oxygen atoms in total. The van der Waals surface area contributed by atoms with Gasteiger partial charge in [0.25, 0.3) is 0 Å². The van der Waals surface area contributed by atoms with Crippen LogP contribution in [0.15, 0.2) is 0 Å². The maximum absolute atomic E-state index is 6.66. The molecule has 0 aliphatic carbocycles. The molecule has 0 aromatic heterocycles. The summed E-state index contributed by atoms with van der Waals surface area (Å²) in [5.74, 6) is -0.171. The largest absolute Gasteiger partial charge is 0.115 e. The van der Waals surface area contributed by atoms with Gasteiger partial charge in [-0.2, -0.15) is 0 Å². The van der Waals surface area contributed by atoms with Crippen LogP contribution < -0.4 is 71.0 Å². The maximum Gasteiger partial charge on any atom is 0.115 e. The number of hydrogen-bond donors (Lipinski definition) is 0. The van der Waals surface area contributed by atoms with E-state index in [1.807, 2.05) is 13.8 Å². The molecule has 0 saturated heterocycles. The highest BCUT2D eigenvalue weighted by molar-refractivity contribution is 6.71. The van der Waals surface area contributed by atoms with Crippen molar-refractivity contribution in [1.29, 1.82) is 0 Å². The molecular weight excluding hydrogens is 393 g/mol. The molecule has 0 aliphatic rings. The quantitative estimate of drug-likeness (QED) is 0.384. The molecule has 0 spiro atoms. The van der Waals surface area contributed by atoms with Crippen LogP contribution in [-0.4, -0.2) is 102 Å². The third-order valence-electron chi connectivity index (χ3n) is 6.13. The van der Waals surface area contributed by atoms with Crippen molar-refractivity contribution in [3.05, 3.63) is 5.56 Å². The van der Waals surface area contributed by atoms with Gasteiger partial charge < -0.3 is 0 Å². The third-order valence-corrected chi connectivity index (χ3v) is 6.13. The van der Waals surface area contributed by atoms with E-state index < -0.39 is 0 Å². The van der Waals surface area contributed by atoms with Gasteiger partial charge in [-0.3, -0.25) is 0 Å². The first-order valence-electron chi connectivity index (χ1n) is 10.2. The van der Waals surface area contributed by atoms with Gasteiger partial charge in [0, 0.05) is 0 Å². The Morgan fingerprint density at radius 1 is 0.294 bits per heavy atom. The summed E-state index contributed by atoms with van der Waals surface area (Å²) in [7, 11) is 81.4. The van der Waals surface area contributed by atoms with Crippen LogP contribution >= 0.6 is 0 Å². The average Bonchev–Trinajstić information content (AvgIpc) is 2.77. The van der Waals surface area contributed by atoms with Crippen molar-refractivity contribution in [3.63, 3.8) is 0 Å². The maximum atomic E-state index is 6.66. The minimum atomic E-state index is -0.171. The van der Waals surface area contributed by atoms with Crippen LogP contribution in [0.25, 0.3) is 22.3 Å². The van der Waals surface area contributed by atoms with E-state index in [2.05, 4.69) is 0 Å². The van der Waals surface area contributed by atoms with Crippen molar-refractivity contribution in [3.8, 4) is 22.3 Å². The topological polar surface area (TPSA) is 0 Å². The van der Waals surface area contributed by atoms with E-state index in [1.54, 1.807) is 0 Å². The lowest BCUT2D eigenvalue weighted by Crippen LogP contribution is -2.57. The van der Waals surface area contributed by atoms with E-state index in [0.29, 0.717) is 5.56 Å². The molecule has 34 heavy (non-hydrogen) atoms. The summed E-state index contributed by atoms with van der Waals surface area (Å²) >= 11 is 0. The van der Waals surface area contributed by atoms with E-state index in [-0.39, 0.29) is 99.2 Å². The predicted molar refractivity (Wildman–Crippen MR) is 161 cm³/mol. The van der Waals surface area contributed by atoms with Crippen molar-refractivity contribution in [1.82, 2.24) is 0 Å². The number of benzene rings is 3. The van der Waals surface area contributed by atoms with Crippen molar-refractivity contribution in [2.24, 2.45) is 0 Å². The highest BCUT2D eigenvalue weighted by Gasteiger charge is 2.24. The molecule has 0 atom stereocenters. The van der Waals surface area contributed by atoms with Gasteiger partial charge in [-0.25, -0.2) is 0 Å². The zero-order valence-electron chi connectivity index (χ0n) is 19.1. The van der Waals surface area contributed by atoms with Crippen molar-refractivity contribution >= 4 is 173 Å². The van der Waals surface area contributed by atoms with Crippen LogP contribution in [0.5, 0.6) is 0 Å². The Kier molecular flexibility index (Phi) is 7.58. The molecule has 0 fully saturated rings. The number of rotatable bonds is 3. The van der Waals surface area contributed by atoms with Gasteiger partial charge in [-0.05, 0) is 28.2 Å². The Balaban J connectivity index is 2.66. The van der Waals surface area contributed by atoms with Crippen molar-refractivity contribution in [2.75, 3.05) is 0 Å². The molecule has 3 aromatic carbocycles. The molecule has 13 heteroatoms. The molecule has 0 unspecified atom stereocenters. The van der Waals surface area contributed by atoms with Crippen LogP contribution in [0.2, 0.25) is 0 Å². The molecule has 26 radical (unpaired) electrons. The average molecular weight is 400 g/mol. The van der Waals surface area contributed by atoms with Crippen LogP contribution in [0.3, 0.4) is 0 Å². The van der Waals surface area contributed by atoms with Gasteiger partial charge in [0.15, 0.2) is 0 Å². The van der Waals surface area contributed by atoms with Crippen molar-refractivity contribution in [2.45, 2.75) is 19.8 Å². The Labute approximate surface area is 220 Å². The summed E-state index contributed by atoms with van der Waals surface area (Å²) in [5, 5.41) is 0. The Morgan fingerprint density at radius 2 is 0.500 bits per heavy atom. The van der Waals surface area contributed by atoms with Gasteiger partial charge in [0.2, 0.25) is 0 Å². The predicted octanol–water partition coefficient (Wildman–Crippen LogP) is -9.54. The second-order valence-electron chi connectivity index (χ2n) is 8.45. The molecule has 3 rings (SSSR count). The van der Waals surface area contributed by atoms with Gasteiger partial charge in [-0.1, -0.05) is 57.7 Å². The summed E-state index contributed by atoms with van der Waals surface area (Å²) in [6.45, 7) is 3.78. The smallest absolute Gasteiger partial charge is 0.112 e. The van der Waals surface area contributed by atoms with Gasteiger partial charge in [0.1, 0.15) is 102 Å². The van der Waals surface area contributed by atoms with Crippen molar-refractivity contribution < 1.29 is 0 Å². The zero-order chi connectivity index (χ0) is 26.0. The summed E-state index contributed by atoms with van der Waals surface area (Å²) < 4.78 is 0. The van der Waals surface area contributed by atoms with Gasteiger partial charge in [0.05, 0.1) is 0 Å². The molecule has 130 valence electrons. The van der Waals surface area contributed by atoms with E-state index in [4.69, 9.17) is 102 Å². The van der Waals surface area contributed by atoms with Crippen LogP contribution in [0, 0.1) is 0 Å². The monoisotopic (exact) mass is 402 g/mol. The second kappa shape index (κ2) is 9.52. The first-order chi connectivity index (χ1) is 15.7. The standard InChI is InChI=1S/C21H7B13/c1-3(2)4-9(22)5(7-12(25)16(29)20(33)17(30)13(7)26)11(24)6(10(4)23)8-14(27)18(31)21(34)19(32)15(8)28/h3H,1-2H3. The molecule has 0 amide bonds. The fraction of sp³-hybridized carbons (Fsp3) is 0.143. The van der Waals surface area contributed by atoms with Crippen LogP contribution in [-0.2, 0) is 0 Å². The lowest BCUT2D eigenvalue weighted by Gasteiger charge is -2.32. The summed E-state index contributed by atoms with van der Waals surface area (Å²) in [6.07, 6.45) is 0. The highest BCUT2D eigenvalue weighted by Crippen LogP contribution is 2.21. The lowest BCUT2D eigenvalue weighted by molar-refractivity contribution is 0.881. The van der Waals surface area contributed by atoms with Gasteiger partial charge >= 0.3 is 0 Å². The molecular formula is C21H7B13. The van der Waals surface area contributed by atoms with Crippen LogP contribution in [0.1, 0.15) is 25.3 Å². The third kappa shape index (κ3) is 3.90. The number of hydrogen-bond acceptors (Lipinski definition) is 0. The van der Waals surface area contributed by atoms with Crippen LogP contribution in [0.4, 0.5) is 0 Å². The summed E-state index contributed by atoms with van der Waals surface area (Å²) in [6, 6.07) is 0. The fourth-order valence-corrected chi connectivity index (χ4v) is 4.23. The molecule has 0 N–H and O–H groups in total. The molecule has 0 saturated carbocycles. The van der Waals surface area contributed by atoms with Gasteiger partial charge in [-0.15, -0.1) is 32.8 Å². The molecule has 3 aromatic rings. The van der Waals surface area contributed by atoms with E-state index >= 15 is 0 Å². The van der Waals surface area contributed by atoms with E-state index in [9.17, 15) is 0 Å². The second-order valence-corrected chi connectivity index (χ2v) is 8.45. The molecule has 0 bridgehead atoms. The minimum Gasteiger partial charge on any atom is -0.112 e. The first-order valence-corrected chi connectivity index (χ1v) is 10.2. The highest BCUT2D eigenvalue weighted by atomic mass is 14.2. The first kappa shape index (κ1) is 27.1. The molecule has 0 heterocycles. The zero-order valence-corrected chi connectivity index (χ0v) is 19.1. The summed E-state index contributed by atoms with van der Waals surface area (Å²) in [5.41, 5.74) is 2.36. The Hall–Kier alpha value is -1.50. The fourth-order valence-electron chi connectivity index (χ4n) is 4.23. The van der Waals surface area contributed by atoms with E-state index in [1.165, 1.54) is 0 Å².